The van der Waals surface area contributed by atoms with Crippen molar-refractivity contribution in [3.8, 4) is 0 Å². The van der Waals surface area contributed by atoms with Gasteiger partial charge in [-0.05, 0) is 6.42 Å². The average molecular weight is 319 g/mol. The minimum atomic E-state index is -3.57. The number of aliphatic carboxylic acids is 1. The van der Waals surface area contributed by atoms with E-state index in [0.717, 1.165) is 0 Å². The Labute approximate surface area is 121 Å². The van der Waals surface area contributed by atoms with Crippen molar-refractivity contribution in [2.24, 2.45) is 5.14 Å². The second-order valence-corrected chi connectivity index (χ2v) is 6.03. The second kappa shape index (κ2) is 7.59. The minimum Gasteiger partial charge on any atom is -0.480 e. The lowest BCUT2D eigenvalue weighted by molar-refractivity contribution is -0.139. The molecule has 21 heavy (non-hydrogen) atoms. The standard InChI is InChI=1S/C10H17N5O5S/c11-21(19,20)3-1-2-13-10(18)15-8(9(16)17)4-7-5-12-6-14-7/h5-6,8H,1-4H2,(H,12,14)(H,16,17)(H2,11,19,20)(H2,13,15,18)/t8-/m1/s1. The van der Waals surface area contributed by atoms with Gasteiger partial charge < -0.3 is 20.7 Å². The normalized spacial score (nSPS) is 12.6. The number of primary sulfonamides is 1. The number of hydrogen-bond acceptors (Lipinski definition) is 5. The van der Waals surface area contributed by atoms with Crippen LogP contribution in [0.15, 0.2) is 12.5 Å². The summed E-state index contributed by atoms with van der Waals surface area (Å²) >= 11 is 0. The van der Waals surface area contributed by atoms with Crippen LogP contribution >= 0.6 is 0 Å². The first-order valence-electron chi connectivity index (χ1n) is 6.03. The van der Waals surface area contributed by atoms with Crippen molar-refractivity contribution >= 4 is 22.0 Å². The van der Waals surface area contributed by atoms with Gasteiger partial charge in [-0.15, -0.1) is 0 Å². The van der Waals surface area contributed by atoms with Gasteiger partial charge in [0.25, 0.3) is 0 Å². The topological polar surface area (TPSA) is 167 Å². The lowest BCUT2D eigenvalue weighted by Crippen LogP contribution is -2.47. The van der Waals surface area contributed by atoms with Crippen molar-refractivity contribution in [2.75, 3.05) is 12.3 Å². The zero-order valence-electron chi connectivity index (χ0n) is 11.1. The fourth-order valence-corrected chi connectivity index (χ4v) is 2.05. The number of nitrogens with zero attached hydrogens (tertiary/aromatic N) is 1. The highest BCUT2D eigenvalue weighted by molar-refractivity contribution is 7.89. The van der Waals surface area contributed by atoms with Crippen molar-refractivity contribution in [1.82, 2.24) is 20.6 Å². The molecule has 6 N–H and O–H groups in total. The maximum atomic E-state index is 11.5. The number of carboxylic acids is 1. The number of nitrogens with two attached hydrogens (primary N) is 1. The first kappa shape index (κ1) is 16.9. The molecule has 0 aliphatic heterocycles. The maximum absolute atomic E-state index is 11.5. The van der Waals surface area contributed by atoms with E-state index in [1.54, 1.807) is 0 Å². The minimum absolute atomic E-state index is 0.0555. The number of aromatic nitrogens is 2. The molecule has 1 rings (SSSR count). The molecule has 0 radical (unpaired) electrons. The SMILES string of the molecule is NS(=O)(=O)CCCNC(=O)N[C@H](Cc1cnc[nH]1)C(=O)O. The molecule has 11 heteroatoms. The molecule has 0 aromatic carbocycles. The molecule has 0 fully saturated rings. The molecular formula is C10H17N5O5S. The van der Waals surface area contributed by atoms with E-state index >= 15 is 0 Å². The number of hydrogen-bond donors (Lipinski definition) is 5. The van der Waals surface area contributed by atoms with E-state index in [4.69, 9.17) is 10.2 Å². The summed E-state index contributed by atoms with van der Waals surface area (Å²) in [6.07, 6.45) is 3.06. The number of rotatable bonds is 8. The van der Waals surface area contributed by atoms with Crippen LogP contribution in [0.25, 0.3) is 0 Å². The molecule has 1 aromatic rings. The molecule has 1 heterocycles. The van der Waals surface area contributed by atoms with Crippen LogP contribution in [0.1, 0.15) is 12.1 Å². The predicted molar refractivity (Wildman–Crippen MR) is 72.8 cm³/mol. The van der Waals surface area contributed by atoms with Gasteiger partial charge in [-0.3, -0.25) is 0 Å². The van der Waals surface area contributed by atoms with Crippen molar-refractivity contribution < 1.29 is 23.1 Å². The number of aromatic amines is 1. The van der Waals surface area contributed by atoms with Gasteiger partial charge in [-0.1, -0.05) is 0 Å². The highest BCUT2D eigenvalue weighted by atomic mass is 32.2. The Morgan fingerprint density at radius 1 is 1.48 bits per heavy atom. The van der Waals surface area contributed by atoms with Crippen LogP contribution < -0.4 is 15.8 Å². The Kier molecular flexibility index (Phi) is 6.11. The third kappa shape index (κ3) is 7.27. The van der Waals surface area contributed by atoms with Crippen molar-refractivity contribution in [3.05, 3.63) is 18.2 Å². The third-order valence-corrected chi connectivity index (χ3v) is 3.33. The van der Waals surface area contributed by atoms with E-state index < -0.39 is 28.1 Å². The lowest BCUT2D eigenvalue weighted by Gasteiger charge is -2.14. The summed E-state index contributed by atoms with van der Waals surface area (Å²) in [4.78, 5) is 29.1. The van der Waals surface area contributed by atoms with Gasteiger partial charge in [-0.2, -0.15) is 0 Å². The highest BCUT2D eigenvalue weighted by Gasteiger charge is 2.20. The molecule has 0 aliphatic carbocycles. The van der Waals surface area contributed by atoms with Gasteiger partial charge in [0.05, 0.1) is 12.1 Å². The van der Waals surface area contributed by atoms with Crippen LogP contribution in [0, 0.1) is 0 Å². The number of carbonyl (C=O) groups excluding carboxylic acids is 1. The summed E-state index contributed by atoms with van der Waals surface area (Å²) in [7, 11) is -3.57. The second-order valence-electron chi connectivity index (χ2n) is 4.29. The number of nitrogens with one attached hydrogen (secondary N) is 3. The third-order valence-electron chi connectivity index (χ3n) is 2.47. The largest absolute Gasteiger partial charge is 0.480 e. The summed E-state index contributed by atoms with van der Waals surface area (Å²) in [5, 5.41) is 18.5. The van der Waals surface area contributed by atoms with Crippen LogP contribution in [0.3, 0.4) is 0 Å². The van der Waals surface area contributed by atoms with E-state index in [-0.39, 0.29) is 25.1 Å². The number of H-pyrrole nitrogens is 1. The van der Waals surface area contributed by atoms with Gasteiger partial charge in [0.1, 0.15) is 6.04 Å². The Morgan fingerprint density at radius 3 is 2.71 bits per heavy atom. The number of sulfonamides is 1. The molecule has 0 saturated carbocycles. The smallest absolute Gasteiger partial charge is 0.326 e. The molecule has 118 valence electrons. The van der Waals surface area contributed by atoms with Crippen molar-refractivity contribution in [1.29, 1.82) is 0 Å². The Morgan fingerprint density at radius 2 is 2.19 bits per heavy atom. The van der Waals surface area contributed by atoms with Crippen LogP contribution in [-0.2, 0) is 21.2 Å². The molecule has 0 spiro atoms. The zero-order chi connectivity index (χ0) is 15.9. The fraction of sp³-hybridized carbons (Fsp3) is 0.500. The Balaban J connectivity index is 2.37. The van der Waals surface area contributed by atoms with E-state index in [2.05, 4.69) is 20.6 Å². The lowest BCUT2D eigenvalue weighted by atomic mass is 10.2. The molecule has 0 saturated heterocycles. The Bertz CT molecular complexity index is 571. The molecular weight excluding hydrogens is 302 g/mol. The predicted octanol–water partition coefficient (Wildman–Crippen LogP) is -1.62. The van der Waals surface area contributed by atoms with Crippen molar-refractivity contribution in [3.63, 3.8) is 0 Å². The quantitative estimate of drug-likeness (QED) is 0.361. The van der Waals surface area contributed by atoms with Gasteiger partial charge in [-0.25, -0.2) is 28.1 Å². The molecule has 1 aromatic heterocycles. The van der Waals surface area contributed by atoms with Crippen LogP contribution in [0.2, 0.25) is 0 Å². The first-order valence-corrected chi connectivity index (χ1v) is 7.74. The average Bonchev–Trinajstić information content (AvgIpc) is 2.85. The molecule has 0 unspecified atom stereocenters. The number of carboxylic acid groups (broad SMARTS) is 1. The fourth-order valence-electron chi connectivity index (χ4n) is 1.50. The van der Waals surface area contributed by atoms with Crippen molar-refractivity contribution in [2.45, 2.75) is 18.9 Å². The molecule has 1 atom stereocenters. The van der Waals surface area contributed by atoms with E-state index in [9.17, 15) is 18.0 Å². The maximum Gasteiger partial charge on any atom is 0.326 e. The summed E-state index contributed by atoms with van der Waals surface area (Å²) in [6, 6.07) is -1.82. The van der Waals surface area contributed by atoms with Crippen LogP contribution in [0.4, 0.5) is 4.79 Å². The van der Waals surface area contributed by atoms with E-state index in [0.29, 0.717) is 5.69 Å². The van der Waals surface area contributed by atoms with E-state index in [1.807, 2.05) is 0 Å². The first-order chi connectivity index (χ1) is 9.78. The summed E-state index contributed by atoms with van der Waals surface area (Å²) in [6.45, 7) is 0.0681. The molecule has 10 nitrogen and oxygen atoms in total. The number of carbonyl (C=O) groups is 2. The van der Waals surface area contributed by atoms with Crippen LogP contribution in [-0.4, -0.2) is 53.8 Å². The number of imidazole rings is 1. The summed E-state index contributed by atoms with van der Waals surface area (Å²) < 4.78 is 21.4. The Hall–Kier alpha value is -2.14. The van der Waals surface area contributed by atoms with Crippen LogP contribution in [0.5, 0.6) is 0 Å². The van der Waals surface area contributed by atoms with Gasteiger partial charge >= 0.3 is 12.0 Å². The molecule has 0 aliphatic rings. The van der Waals surface area contributed by atoms with Gasteiger partial charge in [0.2, 0.25) is 10.0 Å². The highest BCUT2D eigenvalue weighted by Crippen LogP contribution is 1.98. The molecule has 0 bridgehead atoms. The van der Waals surface area contributed by atoms with Gasteiger partial charge in [0.15, 0.2) is 0 Å². The van der Waals surface area contributed by atoms with E-state index in [1.165, 1.54) is 12.5 Å². The zero-order valence-corrected chi connectivity index (χ0v) is 11.9. The monoisotopic (exact) mass is 319 g/mol. The number of amides is 2. The summed E-state index contributed by atoms with van der Waals surface area (Å²) in [5.41, 5.74) is 0.567. The summed E-state index contributed by atoms with van der Waals surface area (Å²) in [5.74, 6) is -1.45. The number of urea groups is 1. The molecule has 2 amide bonds. The van der Waals surface area contributed by atoms with Gasteiger partial charge in [0, 0.05) is 24.9 Å².